The van der Waals surface area contributed by atoms with E-state index in [4.69, 9.17) is 10.5 Å². The van der Waals surface area contributed by atoms with Crippen molar-refractivity contribution in [1.29, 1.82) is 0 Å². The van der Waals surface area contributed by atoms with E-state index in [1.165, 1.54) is 0 Å². The van der Waals surface area contributed by atoms with Crippen molar-refractivity contribution in [1.82, 2.24) is 0 Å². The summed E-state index contributed by atoms with van der Waals surface area (Å²) in [6.45, 7) is 0.739. The molecule has 1 fully saturated rings. The lowest BCUT2D eigenvalue weighted by molar-refractivity contribution is -0.0621. The fourth-order valence-electron chi connectivity index (χ4n) is 1.89. The maximum Gasteiger partial charge on any atom is 0.124 e. The first-order chi connectivity index (χ1) is 5.71. The zero-order chi connectivity index (χ0) is 8.60. The Balaban J connectivity index is 2.03. The van der Waals surface area contributed by atoms with Gasteiger partial charge in [-0.3, -0.25) is 0 Å². The summed E-state index contributed by atoms with van der Waals surface area (Å²) < 4.78 is 5.39. The van der Waals surface area contributed by atoms with Crippen molar-refractivity contribution in [2.75, 3.05) is 6.61 Å². The summed E-state index contributed by atoms with van der Waals surface area (Å²) in [5.41, 5.74) is 4.90. The van der Waals surface area contributed by atoms with Crippen molar-refractivity contribution in [3.05, 3.63) is 11.8 Å². The molecule has 0 aromatic heterocycles. The summed E-state index contributed by atoms with van der Waals surface area (Å²) >= 11 is 0. The van der Waals surface area contributed by atoms with Crippen molar-refractivity contribution >= 4 is 0 Å². The molecular formula is C9H15NO2. The van der Waals surface area contributed by atoms with E-state index in [0.29, 0.717) is 12.8 Å². The second kappa shape index (κ2) is 2.75. The lowest BCUT2D eigenvalue weighted by atomic mass is 9.74. The van der Waals surface area contributed by atoms with Gasteiger partial charge >= 0.3 is 0 Å². The van der Waals surface area contributed by atoms with E-state index in [1.54, 1.807) is 0 Å². The third-order valence-corrected chi connectivity index (χ3v) is 2.59. The second-order valence-corrected chi connectivity index (χ2v) is 3.76. The summed E-state index contributed by atoms with van der Waals surface area (Å²) in [5, 5.41) is 9.93. The van der Waals surface area contributed by atoms with Gasteiger partial charge < -0.3 is 15.6 Å². The van der Waals surface area contributed by atoms with Gasteiger partial charge in [-0.25, -0.2) is 0 Å². The van der Waals surface area contributed by atoms with E-state index < -0.39 is 5.60 Å². The maximum atomic E-state index is 9.93. The Bertz CT molecular complexity index is 207. The zero-order valence-corrected chi connectivity index (χ0v) is 7.12. The molecule has 2 rings (SSSR count). The summed E-state index contributed by atoms with van der Waals surface area (Å²) in [5.74, 6) is 0.760. The van der Waals surface area contributed by atoms with Crippen molar-refractivity contribution in [2.45, 2.75) is 37.3 Å². The van der Waals surface area contributed by atoms with Crippen molar-refractivity contribution in [2.24, 2.45) is 5.73 Å². The molecule has 3 nitrogen and oxygen atoms in total. The largest absolute Gasteiger partial charge is 0.495 e. The van der Waals surface area contributed by atoms with Crippen LogP contribution in [-0.2, 0) is 4.74 Å². The molecule has 0 aromatic carbocycles. The van der Waals surface area contributed by atoms with E-state index in [2.05, 4.69) is 0 Å². The molecule has 1 aliphatic carbocycles. The highest BCUT2D eigenvalue weighted by molar-refractivity contribution is 5.18. The average Bonchev–Trinajstić information content (AvgIpc) is 2.04. The number of aliphatic hydroxyl groups is 1. The van der Waals surface area contributed by atoms with Gasteiger partial charge in [0.05, 0.1) is 6.61 Å². The highest BCUT2D eigenvalue weighted by Gasteiger charge is 2.45. The van der Waals surface area contributed by atoms with Crippen LogP contribution in [-0.4, -0.2) is 23.4 Å². The average molecular weight is 169 g/mol. The van der Waals surface area contributed by atoms with E-state index in [9.17, 15) is 5.11 Å². The van der Waals surface area contributed by atoms with Gasteiger partial charge in [0, 0.05) is 6.04 Å². The predicted octanol–water partition coefficient (Wildman–Crippen LogP) is 0.533. The fraction of sp³-hybridized carbons (Fsp3) is 0.778. The molecule has 0 aromatic rings. The molecule has 0 spiro atoms. The number of rotatable bonds is 1. The molecule has 3 N–H and O–H groups in total. The molecule has 1 aliphatic heterocycles. The molecule has 0 bridgehead atoms. The smallest absolute Gasteiger partial charge is 0.124 e. The van der Waals surface area contributed by atoms with Crippen LogP contribution in [0.1, 0.15) is 25.7 Å². The Kier molecular flexibility index (Phi) is 1.85. The molecule has 1 heterocycles. The van der Waals surface area contributed by atoms with Crippen LogP contribution in [0.4, 0.5) is 0 Å². The SMILES string of the molecule is NC1CC(O)(C2=CCCCO2)C1. The number of hydrogen-bond donors (Lipinski definition) is 2. The Hall–Kier alpha value is -0.540. The van der Waals surface area contributed by atoms with Gasteiger partial charge in [0.15, 0.2) is 0 Å². The molecule has 3 heteroatoms. The highest BCUT2D eigenvalue weighted by Crippen LogP contribution is 2.39. The lowest BCUT2D eigenvalue weighted by Gasteiger charge is -2.43. The standard InChI is InChI=1S/C9H15NO2/c10-7-5-9(11,6-7)8-3-1-2-4-12-8/h3,7,11H,1-2,4-6,10H2. The monoisotopic (exact) mass is 169 g/mol. The minimum atomic E-state index is -0.722. The maximum absolute atomic E-state index is 9.93. The van der Waals surface area contributed by atoms with Gasteiger partial charge in [-0.1, -0.05) is 0 Å². The Morgan fingerprint density at radius 2 is 2.33 bits per heavy atom. The number of allylic oxidation sites excluding steroid dienone is 1. The van der Waals surface area contributed by atoms with E-state index in [1.807, 2.05) is 6.08 Å². The van der Waals surface area contributed by atoms with Crippen LogP contribution >= 0.6 is 0 Å². The summed E-state index contributed by atoms with van der Waals surface area (Å²) in [6, 6.07) is 0.154. The van der Waals surface area contributed by atoms with E-state index >= 15 is 0 Å². The zero-order valence-electron chi connectivity index (χ0n) is 7.12. The summed E-state index contributed by atoms with van der Waals surface area (Å²) in [7, 11) is 0. The molecule has 1 saturated carbocycles. The van der Waals surface area contributed by atoms with E-state index in [0.717, 1.165) is 25.2 Å². The molecule has 2 aliphatic rings. The van der Waals surface area contributed by atoms with Crippen molar-refractivity contribution in [3.63, 3.8) is 0 Å². The third kappa shape index (κ3) is 1.23. The molecule has 12 heavy (non-hydrogen) atoms. The number of nitrogens with two attached hydrogens (primary N) is 1. The number of hydrogen-bond acceptors (Lipinski definition) is 3. The first-order valence-electron chi connectivity index (χ1n) is 4.52. The predicted molar refractivity (Wildman–Crippen MR) is 45.4 cm³/mol. The van der Waals surface area contributed by atoms with Crippen LogP contribution in [0.5, 0.6) is 0 Å². The van der Waals surface area contributed by atoms with Crippen molar-refractivity contribution < 1.29 is 9.84 Å². The van der Waals surface area contributed by atoms with Crippen LogP contribution in [0.2, 0.25) is 0 Å². The minimum absolute atomic E-state index is 0.154. The molecule has 0 radical (unpaired) electrons. The third-order valence-electron chi connectivity index (χ3n) is 2.59. The van der Waals surface area contributed by atoms with Crippen molar-refractivity contribution in [3.8, 4) is 0 Å². The minimum Gasteiger partial charge on any atom is -0.495 e. The molecular weight excluding hydrogens is 154 g/mol. The van der Waals surface area contributed by atoms with Gasteiger partial charge in [0.1, 0.15) is 11.4 Å². The van der Waals surface area contributed by atoms with Gasteiger partial charge in [-0.15, -0.1) is 0 Å². The Labute approximate surface area is 72.2 Å². The van der Waals surface area contributed by atoms with Crippen LogP contribution in [0.3, 0.4) is 0 Å². The quantitative estimate of drug-likeness (QED) is 0.602. The summed E-state index contributed by atoms with van der Waals surface area (Å²) in [4.78, 5) is 0. The van der Waals surface area contributed by atoms with E-state index in [-0.39, 0.29) is 6.04 Å². The van der Waals surface area contributed by atoms with Gasteiger partial charge in [0.25, 0.3) is 0 Å². The van der Waals surface area contributed by atoms with Gasteiger partial charge in [0.2, 0.25) is 0 Å². The van der Waals surface area contributed by atoms with Crippen LogP contribution < -0.4 is 5.73 Å². The highest BCUT2D eigenvalue weighted by atomic mass is 16.5. The molecule has 0 amide bonds. The Morgan fingerprint density at radius 1 is 1.58 bits per heavy atom. The summed E-state index contributed by atoms with van der Waals surface area (Å²) in [6.07, 6.45) is 5.38. The number of ether oxygens (including phenoxy) is 1. The van der Waals surface area contributed by atoms with Crippen LogP contribution in [0.15, 0.2) is 11.8 Å². The molecule has 0 saturated heterocycles. The lowest BCUT2D eigenvalue weighted by Crippen LogP contribution is -2.53. The van der Waals surface area contributed by atoms with Gasteiger partial charge in [-0.05, 0) is 31.8 Å². The topological polar surface area (TPSA) is 55.5 Å². The molecule has 0 unspecified atom stereocenters. The molecule has 0 atom stereocenters. The second-order valence-electron chi connectivity index (χ2n) is 3.76. The fourth-order valence-corrected chi connectivity index (χ4v) is 1.89. The Morgan fingerprint density at radius 3 is 2.83 bits per heavy atom. The van der Waals surface area contributed by atoms with Gasteiger partial charge in [-0.2, -0.15) is 0 Å². The normalized spacial score (nSPS) is 41.2. The van der Waals surface area contributed by atoms with Crippen LogP contribution in [0, 0.1) is 0 Å². The first-order valence-corrected chi connectivity index (χ1v) is 4.52. The first kappa shape index (κ1) is 8.08. The molecule has 68 valence electrons. The van der Waals surface area contributed by atoms with Crippen LogP contribution in [0.25, 0.3) is 0 Å².